The van der Waals surface area contributed by atoms with E-state index in [1.807, 2.05) is 11.8 Å². The molecule has 0 aromatic carbocycles. The van der Waals surface area contributed by atoms with Crippen molar-refractivity contribution in [3.05, 3.63) is 0 Å². The van der Waals surface area contributed by atoms with E-state index in [4.69, 9.17) is 14.6 Å². The number of nitrogens with one attached hydrogen (secondary N) is 1. The maximum absolute atomic E-state index is 12.0. The molecular formula is C13H24N2O5. The van der Waals surface area contributed by atoms with Crippen LogP contribution >= 0.6 is 0 Å². The van der Waals surface area contributed by atoms with Crippen LogP contribution in [0.2, 0.25) is 0 Å². The Kier molecular flexibility index (Phi) is 7.50. The fraction of sp³-hybridized carbons (Fsp3) is 0.846. The Hall–Kier alpha value is -1.18. The van der Waals surface area contributed by atoms with Crippen molar-refractivity contribution in [3.8, 4) is 0 Å². The Labute approximate surface area is 119 Å². The van der Waals surface area contributed by atoms with E-state index < -0.39 is 5.97 Å². The number of carboxylic acids is 1. The van der Waals surface area contributed by atoms with Gasteiger partial charge in [-0.3, -0.25) is 14.5 Å². The average Bonchev–Trinajstić information content (AvgIpc) is 2.42. The number of rotatable bonds is 8. The highest BCUT2D eigenvalue weighted by atomic mass is 16.5. The van der Waals surface area contributed by atoms with Gasteiger partial charge in [0.05, 0.1) is 25.2 Å². The first-order chi connectivity index (χ1) is 9.54. The summed E-state index contributed by atoms with van der Waals surface area (Å²) in [6, 6.07) is -0.280. The molecule has 1 heterocycles. The fourth-order valence-corrected chi connectivity index (χ4v) is 2.15. The molecule has 116 valence electrons. The van der Waals surface area contributed by atoms with Gasteiger partial charge < -0.3 is 19.9 Å². The third-order valence-corrected chi connectivity index (χ3v) is 3.32. The standard InChI is InChI=1S/C13H24N2O5/c1-10(13(18)14-4-3-6-19-2)15-5-7-20-11(9-15)8-12(16)17/h10-11H,3-9H2,1-2H3,(H,14,18)(H,16,17). The molecular weight excluding hydrogens is 264 g/mol. The van der Waals surface area contributed by atoms with Crippen LogP contribution in [0.3, 0.4) is 0 Å². The minimum atomic E-state index is -0.881. The molecule has 1 rings (SSSR count). The number of carbonyl (C=O) groups is 2. The van der Waals surface area contributed by atoms with Crippen LogP contribution in [0, 0.1) is 0 Å². The van der Waals surface area contributed by atoms with Crippen molar-refractivity contribution in [2.75, 3.05) is 40.0 Å². The molecule has 0 bridgehead atoms. The van der Waals surface area contributed by atoms with E-state index >= 15 is 0 Å². The molecule has 0 aromatic rings. The van der Waals surface area contributed by atoms with Crippen molar-refractivity contribution in [3.63, 3.8) is 0 Å². The molecule has 0 aromatic heterocycles. The third-order valence-electron chi connectivity index (χ3n) is 3.32. The molecule has 0 aliphatic carbocycles. The van der Waals surface area contributed by atoms with Crippen molar-refractivity contribution in [1.29, 1.82) is 0 Å². The molecule has 7 heteroatoms. The number of aliphatic carboxylic acids is 1. The Balaban J connectivity index is 2.35. The molecule has 2 unspecified atom stereocenters. The maximum Gasteiger partial charge on any atom is 0.306 e. The minimum Gasteiger partial charge on any atom is -0.481 e. The van der Waals surface area contributed by atoms with E-state index in [2.05, 4.69) is 5.32 Å². The number of hydrogen-bond acceptors (Lipinski definition) is 5. The SMILES string of the molecule is COCCCNC(=O)C(C)N1CCOC(CC(=O)O)C1. The largest absolute Gasteiger partial charge is 0.481 e. The molecule has 0 spiro atoms. The summed E-state index contributed by atoms with van der Waals surface area (Å²) in [7, 11) is 1.63. The van der Waals surface area contributed by atoms with Gasteiger partial charge in [-0.1, -0.05) is 0 Å². The summed E-state index contributed by atoms with van der Waals surface area (Å²) in [6.07, 6.45) is 0.406. The van der Waals surface area contributed by atoms with Crippen LogP contribution in [0.1, 0.15) is 19.8 Å². The third kappa shape index (κ3) is 5.85. The van der Waals surface area contributed by atoms with Crippen LogP contribution in [0.25, 0.3) is 0 Å². The van der Waals surface area contributed by atoms with E-state index in [1.165, 1.54) is 0 Å². The molecule has 1 amide bonds. The number of amides is 1. The Morgan fingerprint density at radius 1 is 1.55 bits per heavy atom. The molecule has 1 fully saturated rings. The van der Waals surface area contributed by atoms with Gasteiger partial charge in [-0.05, 0) is 13.3 Å². The summed E-state index contributed by atoms with van der Waals surface area (Å²) in [5.41, 5.74) is 0. The molecule has 7 nitrogen and oxygen atoms in total. The normalized spacial score (nSPS) is 21.4. The highest BCUT2D eigenvalue weighted by Crippen LogP contribution is 2.11. The number of carbonyl (C=O) groups excluding carboxylic acids is 1. The number of morpholine rings is 1. The molecule has 1 saturated heterocycles. The second-order valence-electron chi connectivity index (χ2n) is 4.90. The van der Waals surface area contributed by atoms with Gasteiger partial charge in [0.1, 0.15) is 0 Å². The lowest BCUT2D eigenvalue weighted by Crippen LogP contribution is -2.52. The van der Waals surface area contributed by atoms with Crippen LogP contribution in [0.4, 0.5) is 0 Å². The first-order valence-electron chi connectivity index (χ1n) is 6.88. The summed E-state index contributed by atoms with van der Waals surface area (Å²) in [5.74, 6) is -0.925. The maximum atomic E-state index is 12.0. The molecule has 1 aliphatic rings. The number of nitrogens with zero attached hydrogens (tertiary/aromatic N) is 1. The monoisotopic (exact) mass is 288 g/mol. The van der Waals surface area contributed by atoms with Gasteiger partial charge >= 0.3 is 5.97 Å². The Morgan fingerprint density at radius 3 is 2.95 bits per heavy atom. The molecule has 2 atom stereocenters. The van der Waals surface area contributed by atoms with E-state index in [1.54, 1.807) is 7.11 Å². The quantitative estimate of drug-likeness (QED) is 0.596. The molecule has 0 radical (unpaired) electrons. The van der Waals surface area contributed by atoms with Crippen molar-refractivity contribution < 1.29 is 24.2 Å². The number of carboxylic acid groups (broad SMARTS) is 1. The van der Waals surface area contributed by atoms with Gasteiger partial charge in [0.2, 0.25) is 5.91 Å². The van der Waals surface area contributed by atoms with Crippen molar-refractivity contribution in [2.24, 2.45) is 0 Å². The topological polar surface area (TPSA) is 88.1 Å². The van der Waals surface area contributed by atoms with E-state index in [9.17, 15) is 9.59 Å². The van der Waals surface area contributed by atoms with Crippen LogP contribution in [-0.2, 0) is 19.1 Å². The van der Waals surface area contributed by atoms with Gasteiger partial charge in [-0.15, -0.1) is 0 Å². The van der Waals surface area contributed by atoms with Gasteiger partial charge in [0, 0.05) is 33.4 Å². The Morgan fingerprint density at radius 2 is 2.30 bits per heavy atom. The van der Waals surface area contributed by atoms with Gasteiger partial charge in [0.25, 0.3) is 0 Å². The zero-order chi connectivity index (χ0) is 15.0. The molecule has 0 saturated carbocycles. The second-order valence-corrected chi connectivity index (χ2v) is 4.90. The summed E-state index contributed by atoms with van der Waals surface area (Å²) < 4.78 is 10.3. The predicted octanol–water partition coefficient (Wildman–Crippen LogP) is -0.297. The van der Waals surface area contributed by atoms with Crippen LogP contribution in [0.15, 0.2) is 0 Å². The highest BCUT2D eigenvalue weighted by molar-refractivity contribution is 5.81. The van der Waals surface area contributed by atoms with Crippen LogP contribution in [-0.4, -0.2) is 74.0 Å². The summed E-state index contributed by atoms with van der Waals surface area (Å²) in [4.78, 5) is 24.6. The van der Waals surface area contributed by atoms with Gasteiger partial charge in [-0.2, -0.15) is 0 Å². The van der Waals surface area contributed by atoms with Crippen LogP contribution < -0.4 is 5.32 Å². The van der Waals surface area contributed by atoms with Crippen molar-refractivity contribution >= 4 is 11.9 Å². The average molecular weight is 288 g/mol. The summed E-state index contributed by atoms with van der Waals surface area (Å²) >= 11 is 0. The second kappa shape index (κ2) is 8.89. The first kappa shape index (κ1) is 16.9. The molecule has 1 aliphatic heterocycles. The summed E-state index contributed by atoms with van der Waals surface area (Å²) in [6.45, 7) is 4.60. The minimum absolute atomic E-state index is 0.0291. The number of hydrogen-bond donors (Lipinski definition) is 2. The van der Waals surface area contributed by atoms with E-state index in [0.29, 0.717) is 32.8 Å². The van der Waals surface area contributed by atoms with E-state index in [-0.39, 0.29) is 24.5 Å². The van der Waals surface area contributed by atoms with E-state index in [0.717, 1.165) is 6.42 Å². The number of ether oxygens (including phenoxy) is 2. The molecule has 2 N–H and O–H groups in total. The Bertz CT molecular complexity index is 324. The van der Waals surface area contributed by atoms with Crippen LogP contribution in [0.5, 0.6) is 0 Å². The zero-order valence-electron chi connectivity index (χ0n) is 12.1. The lowest BCUT2D eigenvalue weighted by Gasteiger charge is -2.35. The van der Waals surface area contributed by atoms with Gasteiger partial charge in [-0.25, -0.2) is 0 Å². The summed E-state index contributed by atoms with van der Waals surface area (Å²) in [5, 5.41) is 11.6. The number of methoxy groups -OCH3 is 1. The van der Waals surface area contributed by atoms with Crippen molar-refractivity contribution in [1.82, 2.24) is 10.2 Å². The van der Waals surface area contributed by atoms with Crippen molar-refractivity contribution in [2.45, 2.75) is 31.9 Å². The zero-order valence-corrected chi connectivity index (χ0v) is 12.1. The smallest absolute Gasteiger partial charge is 0.306 e. The fourth-order valence-electron chi connectivity index (χ4n) is 2.15. The first-order valence-corrected chi connectivity index (χ1v) is 6.88. The predicted molar refractivity (Wildman–Crippen MR) is 72.5 cm³/mol. The lowest BCUT2D eigenvalue weighted by molar-refractivity contribution is -0.143. The molecule has 20 heavy (non-hydrogen) atoms. The van der Waals surface area contributed by atoms with Gasteiger partial charge in [0.15, 0.2) is 0 Å². The lowest BCUT2D eigenvalue weighted by atomic mass is 10.1. The highest BCUT2D eigenvalue weighted by Gasteiger charge is 2.28.